The van der Waals surface area contributed by atoms with Gasteiger partial charge in [0.2, 0.25) is 0 Å². The summed E-state index contributed by atoms with van der Waals surface area (Å²) in [6.07, 6.45) is 7.89. The molecule has 0 heterocycles. The minimum absolute atomic E-state index is 0.103. The second kappa shape index (κ2) is 6.21. The average Bonchev–Trinajstić information content (AvgIpc) is 2.33. The maximum atomic E-state index is 6.31. The average molecular weight is 317 g/mol. The zero-order valence-corrected chi connectivity index (χ0v) is 12.3. The summed E-state index contributed by atoms with van der Waals surface area (Å²) in [6, 6.07) is 5.96. The van der Waals surface area contributed by atoms with Crippen LogP contribution in [-0.4, -0.2) is 0 Å². The fraction of sp³-hybridized carbons (Fsp3) is 0.571. The van der Waals surface area contributed by atoms with Gasteiger partial charge in [0, 0.05) is 15.5 Å². The third kappa shape index (κ3) is 3.70. The molecule has 0 radical (unpaired) electrons. The van der Waals surface area contributed by atoms with Gasteiger partial charge in [-0.3, -0.25) is 0 Å². The summed E-state index contributed by atoms with van der Waals surface area (Å²) in [5, 5.41) is 0.766. The van der Waals surface area contributed by atoms with Crippen molar-refractivity contribution in [2.75, 3.05) is 0 Å². The smallest absolute Gasteiger partial charge is 0.0410 e. The molecule has 3 heteroatoms. The summed E-state index contributed by atoms with van der Waals surface area (Å²) in [6.45, 7) is 0. The maximum absolute atomic E-state index is 6.31. The van der Waals surface area contributed by atoms with Gasteiger partial charge in [0.25, 0.3) is 0 Å². The van der Waals surface area contributed by atoms with Gasteiger partial charge in [-0.05, 0) is 36.1 Å². The van der Waals surface area contributed by atoms with E-state index in [0.29, 0.717) is 0 Å². The van der Waals surface area contributed by atoms with Crippen molar-refractivity contribution in [3.8, 4) is 0 Å². The predicted octanol–water partition coefficient (Wildman–Crippen LogP) is 5.07. The third-order valence-electron chi connectivity index (χ3n) is 3.67. The fourth-order valence-corrected chi connectivity index (χ4v) is 3.43. The predicted molar refractivity (Wildman–Crippen MR) is 77.3 cm³/mol. The van der Waals surface area contributed by atoms with Crippen LogP contribution in [0.3, 0.4) is 0 Å². The molecule has 0 aliphatic heterocycles. The normalized spacial score (nSPS) is 19.2. The van der Waals surface area contributed by atoms with E-state index in [1.54, 1.807) is 0 Å². The van der Waals surface area contributed by atoms with E-state index < -0.39 is 0 Å². The molecule has 0 amide bonds. The van der Waals surface area contributed by atoms with E-state index in [-0.39, 0.29) is 6.04 Å². The van der Waals surface area contributed by atoms with E-state index in [1.165, 1.54) is 32.1 Å². The SMILES string of the molecule is NC(CC1CCCCC1)c1cc(Cl)ccc1Br. The van der Waals surface area contributed by atoms with Gasteiger partial charge in [-0.25, -0.2) is 0 Å². The molecule has 0 spiro atoms. The molecular formula is C14H19BrClN. The van der Waals surface area contributed by atoms with Crippen molar-refractivity contribution in [2.24, 2.45) is 11.7 Å². The minimum Gasteiger partial charge on any atom is -0.324 e. The molecule has 2 rings (SSSR count). The molecule has 17 heavy (non-hydrogen) atoms. The molecule has 1 nitrogen and oxygen atoms in total. The van der Waals surface area contributed by atoms with Crippen LogP contribution < -0.4 is 5.73 Å². The van der Waals surface area contributed by atoms with Crippen LogP contribution in [0.15, 0.2) is 22.7 Å². The largest absolute Gasteiger partial charge is 0.324 e. The Labute approximate surface area is 117 Å². The van der Waals surface area contributed by atoms with E-state index in [0.717, 1.165) is 27.4 Å². The Morgan fingerprint density at radius 2 is 2.00 bits per heavy atom. The lowest BCUT2D eigenvalue weighted by molar-refractivity contribution is 0.319. The molecule has 0 saturated heterocycles. The molecule has 1 atom stereocenters. The number of rotatable bonds is 3. The van der Waals surface area contributed by atoms with Gasteiger partial charge in [-0.1, -0.05) is 59.6 Å². The second-order valence-electron chi connectivity index (χ2n) is 5.01. The first kappa shape index (κ1) is 13.4. The highest BCUT2D eigenvalue weighted by Crippen LogP contribution is 2.34. The van der Waals surface area contributed by atoms with Gasteiger partial charge >= 0.3 is 0 Å². The number of hydrogen-bond donors (Lipinski definition) is 1. The minimum atomic E-state index is 0.103. The van der Waals surface area contributed by atoms with Crippen LogP contribution in [0.25, 0.3) is 0 Å². The first-order chi connectivity index (χ1) is 8.16. The van der Waals surface area contributed by atoms with E-state index in [1.807, 2.05) is 18.2 Å². The van der Waals surface area contributed by atoms with E-state index >= 15 is 0 Å². The highest BCUT2D eigenvalue weighted by Gasteiger charge is 2.19. The zero-order valence-electron chi connectivity index (χ0n) is 9.96. The summed E-state index contributed by atoms with van der Waals surface area (Å²) < 4.78 is 1.07. The van der Waals surface area contributed by atoms with Crippen LogP contribution in [0, 0.1) is 5.92 Å². The molecule has 1 aliphatic rings. The highest BCUT2D eigenvalue weighted by atomic mass is 79.9. The van der Waals surface area contributed by atoms with Crippen molar-refractivity contribution in [3.63, 3.8) is 0 Å². The molecule has 0 bridgehead atoms. The lowest BCUT2D eigenvalue weighted by Gasteiger charge is -2.25. The van der Waals surface area contributed by atoms with Crippen molar-refractivity contribution in [2.45, 2.75) is 44.6 Å². The van der Waals surface area contributed by atoms with Gasteiger partial charge in [0.05, 0.1) is 0 Å². The molecule has 2 N–H and O–H groups in total. The Kier molecular flexibility index (Phi) is 4.89. The van der Waals surface area contributed by atoms with E-state index in [2.05, 4.69) is 15.9 Å². The summed E-state index contributed by atoms with van der Waals surface area (Å²) in [5.41, 5.74) is 7.45. The molecule has 1 aromatic rings. The molecular weight excluding hydrogens is 298 g/mol. The standard InChI is InChI=1S/C14H19BrClN/c15-13-7-6-11(16)9-12(13)14(17)8-10-4-2-1-3-5-10/h6-7,9-10,14H,1-5,8,17H2. The van der Waals surface area contributed by atoms with Crippen molar-refractivity contribution in [3.05, 3.63) is 33.3 Å². The number of nitrogens with two attached hydrogens (primary N) is 1. The van der Waals surface area contributed by atoms with Gasteiger partial charge in [-0.2, -0.15) is 0 Å². The van der Waals surface area contributed by atoms with Crippen LogP contribution in [-0.2, 0) is 0 Å². The zero-order chi connectivity index (χ0) is 12.3. The van der Waals surface area contributed by atoms with Crippen molar-refractivity contribution in [1.29, 1.82) is 0 Å². The molecule has 1 aliphatic carbocycles. The molecule has 94 valence electrons. The highest BCUT2D eigenvalue weighted by molar-refractivity contribution is 9.10. The summed E-state index contributed by atoms with van der Waals surface area (Å²) in [7, 11) is 0. The van der Waals surface area contributed by atoms with Gasteiger partial charge in [-0.15, -0.1) is 0 Å². The van der Waals surface area contributed by atoms with Gasteiger partial charge in [0.15, 0.2) is 0 Å². The van der Waals surface area contributed by atoms with Crippen LogP contribution in [0.1, 0.15) is 50.1 Å². The van der Waals surface area contributed by atoms with Crippen molar-refractivity contribution in [1.82, 2.24) is 0 Å². The summed E-state index contributed by atoms with van der Waals surface area (Å²) >= 11 is 9.58. The number of hydrogen-bond acceptors (Lipinski definition) is 1. The van der Waals surface area contributed by atoms with E-state index in [9.17, 15) is 0 Å². The molecule has 1 fully saturated rings. The monoisotopic (exact) mass is 315 g/mol. The molecule has 1 unspecified atom stereocenters. The maximum Gasteiger partial charge on any atom is 0.0410 e. The Hall–Kier alpha value is -0.0500. The quantitative estimate of drug-likeness (QED) is 0.827. The lowest BCUT2D eigenvalue weighted by Crippen LogP contribution is -2.17. The van der Waals surface area contributed by atoms with Crippen LogP contribution in [0.2, 0.25) is 5.02 Å². The third-order valence-corrected chi connectivity index (χ3v) is 4.63. The topological polar surface area (TPSA) is 26.0 Å². The Morgan fingerprint density at radius 1 is 1.29 bits per heavy atom. The molecule has 1 saturated carbocycles. The summed E-state index contributed by atoms with van der Waals surface area (Å²) in [4.78, 5) is 0. The number of halogens is 2. The van der Waals surface area contributed by atoms with E-state index in [4.69, 9.17) is 17.3 Å². The Morgan fingerprint density at radius 3 is 2.71 bits per heavy atom. The van der Waals surface area contributed by atoms with Crippen LogP contribution in [0.5, 0.6) is 0 Å². The van der Waals surface area contributed by atoms with Crippen LogP contribution >= 0.6 is 27.5 Å². The van der Waals surface area contributed by atoms with Crippen molar-refractivity contribution >= 4 is 27.5 Å². The van der Waals surface area contributed by atoms with Crippen LogP contribution in [0.4, 0.5) is 0 Å². The Bertz CT molecular complexity index is 374. The van der Waals surface area contributed by atoms with Gasteiger partial charge < -0.3 is 5.73 Å². The lowest BCUT2D eigenvalue weighted by atomic mass is 9.83. The number of benzene rings is 1. The van der Waals surface area contributed by atoms with Gasteiger partial charge in [0.1, 0.15) is 0 Å². The fourth-order valence-electron chi connectivity index (χ4n) is 2.71. The molecule has 1 aromatic carbocycles. The first-order valence-corrected chi connectivity index (χ1v) is 7.54. The van der Waals surface area contributed by atoms with Crippen molar-refractivity contribution < 1.29 is 0 Å². The second-order valence-corrected chi connectivity index (χ2v) is 6.30. The Balaban J connectivity index is 2.02. The molecule has 0 aromatic heterocycles. The first-order valence-electron chi connectivity index (χ1n) is 6.37. The summed E-state index contributed by atoms with van der Waals surface area (Å²) in [5.74, 6) is 0.796.